The summed E-state index contributed by atoms with van der Waals surface area (Å²) in [6, 6.07) is 11.4. The van der Waals surface area contributed by atoms with Crippen LogP contribution in [0.25, 0.3) is 5.76 Å². The number of hydrogen-bond donors (Lipinski definition) is 1. The fourth-order valence-corrected chi connectivity index (χ4v) is 3.95. The highest BCUT2D eigenvalue weighted by atomic mass is 35.5. The number of rotatable bonds is 8. The summed E-state index contributed by atoms with van der Waals surface area (Å²) in [5, 5.41) is 11.7. The summed E-state index contributed by atoms with van der Waals surface area (Å²) in [7, 11) is 1.58. The number of amides is 1. The van der Waals surface area contributed by atoms with E-state index in [2.05, 4.69) is 0 Å². The Labute approximate surface area is 193 Å². The van der Waals surface area contributed by atoms with E-state index in [-0.39, 0.29) is 17.4 Å². The summed E-state index contributed by atoms with van der Waals surface area (Å²) >= 11 is 6.04. The minimum atomic E-state index is -0.712. The summed E-state index contributed by atoms with van der Waals surface area (Å²) in [5.41, 5.74) is 2.03. The van der Waals surface area contributed by atoms with E-state index >= 15 is 0 Å². The Balaban J connectivity index is 2.08. The van der Waals surface area contributed by atoms with Crippen molar-refractivity contribution in [3.05, 3.63) is 69.8 Å². The van der Waals surface area contributed by atoms with Gasteiger partial charge >= 0.3 is 0 Å². The molecule has 0 aliphatic carbocycles. The van der Waals surface area contributed by atoms with Crippen molar-refractivity contribution in [1.29, 1.82) is 0 Å². The van der Waals surface area contributed by atoms with Gasteiger partial charge in [-0.25, -0.2) is 0 Å². The zero-order valence-electron chi connectivity index (χ0n) is 18.7. The Morgan fingerprint density at radius 2 is 1.84 bits per heavy atom. The van der Waals surface area contributed by atoms with Gasteiger partial charge < -0.3 is 19.5 Å². The van der Waals surface area contributed by atoms with Crippen molar-refractivity contribution < 1.29 is 24.2 Å². The Morgan fingerprint density at radius 1 is 1.16 bits per heavy atom. The van der Waals surface area contributed by atoms with Crippen LogP contribution in [-0.2, 0) is 14.3 Å². The molecule has 3 rings (SSSR count). The van der Waals surface area contributed by atoms with E-state index in [1.165, 1.54) is 4.90 Å². The molecule has 0 bridgehead atoms. The lowest BCUT2D eigenvalue weighted by Gasteiger charge is -2.25. The molecule has 1 fully saturated rings. The first kappa shape index (κ1) is 23.8. The van der Waals surface area contributed by atoms with Crippen LogP contribution < -0.4 is 4.74 Å². The van der Waals surface area contributed by atoms with Gasteiger partial charge in [-0.2, -0.15) is 0 Å². The Kier molecular flexibility index (Phi) is 7.59. The van der Waals surface area contributed by atoms with Crippen molar-refractivity contribution in [2.45, 2.75) is 39.3 Å². The number of aliphatic hydroxyl groups is 1. The molecule has 0 radical (unpaired) electrons. The molecule has 1 aliphatic rings. The van der Waals surface area contributed by atoms with Gasteiger partial charge in [-0.05, 0) is 68.7 Å². The van der Waals surface area contributed by atoms with Crippen molar-refractivity contribution >= 4 is 29.1 Å². The average molecular weight is 458 g/mol. The highest BCUT2D eigenvalue weighted by molar-refractivity contribution is 6.46. The molecule has 1 unspecified atom stereocenters. The van der Waals surface area contributed by atoms with Gasteiger partial charge in [-0.1, -0.05) is 23.7 Å². The summed E-state index contributed by atoms with van der Waals surface area (Å²) in [5.74, 6) is -0.860. The first-order chi connectivity index (χ1) is 15.2. The molecule has 0 saturated carbocycles. The van der Waals surface area contributed by atoms with Crippen molar-refractivity contribution in [1.82, 2.24) is 4.90 Å². The molecule has 1 heterocycles. The molecule has 1 saturated heterocycles. The van der Waals surface area contributed by atoms with Gasteiger partial charge in [-0.3, -0.25) is 9.59 Å². The molecule has 2 aromatic rings. The molecule has 2 aromatic carbocycles. The van der Waals surface area contributed by atoms with E-state index in [4.69, 9.17) is 21.1 Å². The van der Waals surface area contributed by atoms with Gasteiger partial charge in [0.25, 0.3) is 11.7 Å². The molecule has 7 heteroatoms. The van der Waals surface area contributed by atoms with E-state index < -0.39 is 17.7 Å². The van der Waals surface area contributed by atoms with Crippen LogP contribution in [0.2, 0.25) is 5.02 Å². The molecule has 170 valence electrons. The molecular formula is C25H28ClNO5. The topological polar surface area (TPSA) is 76.1 Å². The standard InChI is InChI=1S/C25H28ClNO5/c1-15(2)32-20-11-8-18(14-16(20)3)23(28)21-22(17-6-9-19(26)10-7-17)27(12-5-13-31-4)25(30)24(21)29/h6-11,14-15,22,28H,5,12-13H2,1-4H3/b23-21-. The lowest BCUT2D eigenvalue weighted by atomic mass is 9.94. The molecule has 0 aromatic heterocycles. The SMILES string of the molecule is COCCCN1C(=O)C(=O)/C(=C(\O)c2ccc(OC(C)C)c(C)c2)C1c1ccc(Cl)cc1. The predicted molar refractivity (Wildman–Crippen MR) is 124 cm³/mol. The highest BCUT2D eigenvalue weighted by Crippen LogP contribution is 2.40. The second kappa shape index (κ2) is 10.2. The number of nitrogens with zero attached hydrogens (tertiary/aromatic N) is 1. The second-order valence-corrected chi connectivity index (χ2v) is 8.47. The third kappa shape index (κ3) is 4.97. The molecule has 1 atom stereocenters. The average Bonchev–Trinajstić information content (AvgIpc) is 3.00. The summed E-state index contributed by atoms with van der Waals surface area (Å²) in [6.07, 6.45) is 0.573. The van der Waals surface area contributed by atoms with Gasteiger partial charge in [0, 0.05) is 30.8 Å². The van der Waals surface area contributed by atoms with E-state index in [1.807, 2.05) is 20.8 Å². The minimum Gasteiger partial charge on any atom is -0.507 e. The number of halogens is 1. The van der Waals surface area contributed by atoms with E-state index in [9.17, 15) is 14.7 Å². The molecule has 1 amide bonds. The number of aryl methyl sites for hydroxylation is 1. The first-order valence-corrected chi connectivity index (χ1v) is 10.9. The van der Waals surface area contributed by atoms with Gasteiger partial charge in [0.2, 0.25) is 0 Å². The Morgan fingerprint density at radius 3 is 2.44 bits per heavy atom. The second-order valence-electron chi connectivity index (χ2n) is 8.04. The summed E-state index contributed by atoms with van der Waals surface area (Å²) in [4.78, 5) is 27.4. The maximum Gasteiger partial charge on any atom is 0.295 e. The van der Waals surface area contributed by atoms with Crippen LogP contribution in [-0.4, -0.2) is 48.1 Å². The van der Waals surface area contributed by atoms with E-state index in [1.54, 1.807) is 49.6 Å². The van der Waals surface area contributed by atoms with Crippen LogP contribution in [0.1, 0.15) is 43.0 Å². The summed E-state index contributed by atoms with van der Waals surface area (Å²) < 4.78 is 10.9. The van der Waals surface area contributed by atoms with Crippen LogP contribution in [0.5, 0.6) is 5.75 Å². The van der Waals surface area contributed by atoms with Crippen LogP contribution in [0, 0.1) is 6.92 Å². The predicted octanol–water partition coefficient (Wildman–Crippen LogP) is 4.89. The smallest absolute Gasteiger partial charge is 0.295 e. The molecule has 32 heavy (non-hydrogen) atoms. The lowest BCUT2D eigenvalue weighted by Crippen LogP contribution is -2.31. The quantitative estimate of drug-likeness (QED) is 0.264. The van der Waals surface area contributed by atoms with Gasteiger partial charge in [0.1, 0.15) is 11.5 Å². The fraction of sp³-hybridized carbons (Fsp3) is 0.360. The molecular weight excluding hydrogens is 430 g/mol. The number of aliphatic hydroxyl groups excluding tert-OH is 1. The maximum atomic E-state index is 13.0. The largest absolute Gasteiger partial charge is 0.507 e. The zero-order valence-corrected chi connectivity index (χ0v) is 19.5. The molecule has 6 nitrogen and oxygen atoms in total. The van der Waals surface area contributed by atoms with Crippen LogP contribution in [0.3, 0.4) is 0 Å². The van der Waals surface area contributed by atoms with Gasteiger partial charge in [0.15, 0.2) is 0 Å². The number of carbonyl (C=O) groups is 2. The number of hydrogen-bond acceptors (Lipinski definition) is 5. The van der Waals surface area contributed by atoms with Crippen LogP contribution >= 0.6 is 11.6 Å². The number of Topliss-reactive ketones (excluding diaryl/α,β-unsaturated/α-hetero) is 1. The number of ether oxygens (including phenoxy) is 2. The Hall–Kier alpha value is -2.83. The van der Waals surface area contributed by atoms with Crippen LogP contribution in [0.15, 0.2) is 48.0 Å². The summed E-state index contributed by atoms with van der Waals surface area (Å²) in [6.45, 7) is 6.51. The van der Waals surface area contributed by atoms with Gasteiger partial charge in [-0.15, -0.1) is 0 Å². The maximum absolute atomic E-state index is 13.0. The molecule has 1 N–H and O–H groups in total. The number of ketones is 1. The number of benzene rings is 2. The molecule has 1 aliphatic heterocycles. The number of methoxy groups -OCH3 is 1. The van der Waals surface area contributed by atoms with Crippen molar-refractivity contribution in [2.24, 2.45) is 0 Å². The third-order valence-corrected chi connectivity index (χ3v) is 5.54. The Bertz CT molecular complexity index is 1030. The third-order valence-electron chi connectivity index (χ3n) is 5.28. The van der Waals surface area contributed by atoms with E-state index in [0.717, 1.165) is 5.56 Å². The van der Waals surface area contributed by atoms with E-state index in [0.29, 0.717) is 41.5 Å². The normalized spacial score (nSPS) is 17.9. The highest BCUT2D eigenvalue weighted by Gasteiger charge is 2.45. The monoisotopic (exact) mass is 457 g/mol. The lowest BCUT2D eigenvalue weighted by molar-refractivity contribution is -0.140. The van der Waals surface area contributed by atoms with Crippen molar-refractivity contribution in [2.75, 3.05) is 20.3 Å². The zero-order chi connectivity index (χ0) is 23.4. The number of likely N-dealkylation sites (tertiary alicyclic amines) is 1. The van der Waals surface area contributed by atoms with Crippen molar-refractivity contribution in [3.8, 4) is 5.75 Å². The molecule has 0 spiro atoms. The van der Waals surface area contributed by atoms with Crippen LogP contribution in [0.4, 0.5) is 0 Å². The fourth-order valence-electron chi connectivity index (χ4n) is 3.82. The number of carbonyl (C=O) groups excluding carboxylic acids is 2. The first-order valence-electron chi connectivity index (χ1n) is 10.5. The van der Waals surface area contributed by atoms with Gasteiger partial charge in [0.05, 0.1) is 17.7 Å². The van der Waals surface area contributed by atoms with Crippen molar-refractivity contribution in [3.63, 3.8) is 0 Å². The minimum absolute atomic E-state index is 0.00970.